The molecule has 0 atom stereocenters. The van der Waals surface area contributed by atoms with E-state index in [0.29, 0.717) is 10.0 Å². The van der Waals surface area contributed by atoms with Crippen LogP contribution in [-0.2, 0) is 0 Å². The molecule has 82 valence electrons. The van der Waals surface area contributed by atoms with Crippen LogP contribution in [0.4, 0.5) is 9.39 Å². The van der Waals surface area contributed by atoms with Crippen LogP contribution >= 0.6 is 23.1 Å². The van der Waals surface area contributed by atoms with Gasteiger partial charge in [0, 0.05) is 16.6 Å². The molecule has 0 saturated heterocycles. The predicted molar refractivity (Wildman–Crippen MR) is 59.3 cm³/mol. The Hall–Kier alpha value is -1.53. The first kappa shape index (κ1) is 11.0. The molecule has 1 aromatic carbocycles. The van der Waals surface area contributed by atoms with Crippen molar-refractivity contribution in [3.63, 3.8) is 0 Å². The Labute approximate surface area is 99.2 Å². The molecule has 1 amide bonds. The Morgan fingerprint density at radius 2 is 2.31 bits per heavy atom. The van der Waals surface area contributed by atoms with Crippen LogP contribution in [0.1, 0.15) is 10.4 Å². The number of nitrogens with zero attached hydrogens (tertiary/aromatic N) is 2. The van der Waals surface area contributed by atoms with Crippen LogP contribution in [0.25, 0.3) is 0 Å². The molecule has 0 unspecified atom stereocenters. The zero-order valence-electron chi connectivity index (χ0n) is 7.78. The molecule has 0 saturated carbocycles. The summed E-state index contributed by atoms with van der Waals surface area (Å²) in [5.74, 6) is -1.20. The average Bonchev–Trinajstić information content (AvgIpc) is 2.74. The van der Waals surface area contributed by atoms with E-state index in [1.54, 1.807) is 0 Å². The van der Waals surface area contributed by atoms with Gasteiger partial charge in [-0.25, -0.2) is 4.39 Å². The SMILES string of the molecule is O=C(Nc1cnns1)c1cc(Cl)ccc1F. The molecule has 16 heavy (non-hydrogen) atoms. The van der Waals surface area contributed by atoms with Crippen molar-refractivity contribution in [2.75, 3.05) is 5.32 Å². The zero-order chi connectivity index (χ0) is 11.5. The maximum atomic E-state index is 13.3. The number of carbonyl (C=O) groups excluding carboxylic acids is 1. The monoisotopic (exact) mass is 257 g/mol. The maximum absolute atomic E-state index is 13.3. The molecule has 0 fully saturated rings. The van der Waals surface area contributed by atoms with Gasteiger partial charge in [-0.15, -0.1) is 5.10 Å². The highest BCUT2D eigenvalue weighted by Gasteiger charge is 2.13. The molecule has 1 aromatic heterocycles. The Morgan fingerprint density at radius 3 is 3.00 bits per heavy atom. The van der Waals surface area contributed by atoms with E-state index in [2.05, 4.69) is 14.9 Å². The quantitative estimate of drug-likeness (QED) is 0.900. The summed E-state index contributed by atoms with van der Waals surface area (Å²) in [6, 6.07) is 3.78. The number of amides is 1. The third kappa shape index (κ3) is 2.34. The van der Waals surface area contributed by atoms with Gasteiger partial charge in [-0.3, -0.25) is 4.79 Å². The molecular weight excluding hydrogens is 253 g/mol. The van der Waals surface area contributed by atoms with E-state index in [1.807, 2.05) is 0 Å². The minimum absolute atomic E-state index is 0.110. The van der Waals surface area contributed by atoms with Crippen molar-refractivity contribution in [2.24, 2.45) is 0 Å². The minimum atomic E-state index is -0.626. The van der Waals surface area contributed by atoms with Crippen LogP contribution in [0.15, 0.2) is 24.4 Å². The van der Waals surface area contributed by atoms with Gasteiger partial charge < -0.3 is 5.32 Å². The smallest absolute Gasteiger partial charge is 0.259 e. The van der Waals surface area contributed by atoms with Gasteiger partial charge >= 0.3 is 0 Å². The highest BCUT2D eigenvalue weighted by molar-refractivity contribution is 7.10. The normalized spacial score (nSPS) is 10.1. The Morgan fingerprint density at radius 1 is 1.50 bits per heavy atom. The molecule has 0 bridgehead atoms. The van der Waals surface area contributed by atoms with Gasteiger partial charge in [0.15, 0.2) is 0 Å². The van der Waals surface area contributed by atoms with Gasteiger partial charge in [0.2, 0.25) is 0 Å². The van der Waals surface area contributed by atoms with Crippen LogP contribution in [0, 0.1) is 5.82 Å². The lowest BCUT2D eigenvalue weighted by atomic mass is 10.2. The van der Waals surface area contributed by atoms with Crippen LogP contribution in [0.2, 0.25) is 5.02 Å². The third-order valence-corrected chi connectivity index (χ3v) is 2.59. The first-order chi connectivity index (χ1) is 7.66. The van der Waals surface area contributed by atoms with Crippen LogP contribution in [0.5, 0.6) is 0 Å². The summed E-state index contributed by atoms with van der Waals surface area (Å²) < 4.78 is 16.9. The largest absolute Gasteiger partial charge is 0.311 e. The number of rotatable bonds is 2. The summed E-state index contributed by atoms with van der Waals surface area (Å²) in [5.41, 5.74) is -0.110. The van der Waals surface area contributed by atoms with Gasteiger partial charge in [-0.1, -0.05) is 16.1 Å². The summed E-state index contributed by atoms with van der Waals surface area (Å²) in [6.45, 7) is 0. The van der Waals surface area contributed by atoms with Crippen molar-refractivity contribution in [3.8, 4) is 0 Å². The van der Waals surface area contributed by atoms with Crippen LogP contribution < -0.4 is 5.32 Å². The fraction of sp³-hybridized carbons (Fsp3) is 0. The van der Waals surface area contributed by atoms with Gasteiger partial charge in [-0.2, -0.15) is 0 Å². The molecule has 7 heteroatoms. The summed E-state index contributed by atoms with van der Waals surface area (Å²) in [7, 11) is 0. The molecule has 0 aliphatic carbocycles. The second-order valence-corrected chi connectivity index (χ2v) is 4.08. The number of halogens is 2. The van der Waals surface area contributed by atoms with Gasteiger partial charge in [0.05, 0.1) is 11.8 Å². The second-order valence-electron chi connectivity index (χ2n) is 2.86. The molecule has 1 N–H and O–H groups in total. The lowest BCUT2D eigenvalue weighted by molar-refractivity contribution is 0.102. The van der Waals surface area contributed by atoms with Crippen LogP contribution in [-0.4, -0.2) is 15.5 Å². The predicted octanol–water partition coefficient (Wildman–Crippen LogP) is 2.58. The van der Waals surface area contributed by atoms with Crippen molar-refractivity contribution >= 4 is 34.0 Å². The molecule has 2 rings (SSSR count). The standard InChI is InChI=1S/C9H5ClFN3OS/c10-5-1-2-7(11)6(3-5)9(15)13-8-4-12-14-16-8/h1-4H,(H,13,15). The molecular formula is C9H5ClFN3OS. The molecule has 4 nitrogen and oxygen atoms in total. The molecule has 0 radical (unpaired) electrons. The van der Waals surface area contributed by atoms with Gasteiger partial charge in [-0.05, 0) is 18.2 Å². The molecule has 0 aliphatic rings. The second kappa shape index (κ2) is 4.54. The number of nitrogens with one attached hydrogen (secondary N) is 1. The zero-order valence-corrected chi connectivity index (χ0v) is 9.35. The number of hydrogen-bond donors (Lipinski definition) is 1. The van der Waals surface area contributed by atoms with E-state index < -0.39 is 11.7 Å². The van der Waals surface area contributed by atoms with Gasteiger partial charge in [0.25, 0.3) is 5.91 Å². The highest BCUT2D eigenvalue weighted by atomic mass is 35.5. The lowest BCUT2D eigenvalue weighted by Crippen LogP contribution is -2.12. The van der Waals surface area contributed by atoms with Crippen molar-refractivity contribution < 1.29 is 9.18 Å². The minimum Gasteiger partial charge on any atom is -0.311 e. The number of carbonyl (C=O) groups is 1. The number of benzene rings is 1. The Kier molecular flexibility index (Phi) is 3.12. The average molecular weight is 258 g/mol. The fourth-order valence-electron chi connectivity index (χ4n) is 1.07. The summed E-state index contributed by atoms with van der Waals surface area (Å²) in [6.07, 6.45) is 1.38. The first-order valence-electron chi connectivity index (χ1n) is 4.20. The highest BCUT2D eigenvalue weighted by Crippen LogP contribution is 2.17. The number of aromatic nitrogens is 2. The number of anilines is 1. The number of hydrogen-bond acceptors (Lipinski definition) is 4. The third-order valence-electron chi connectivity index (χ3n) is 1.77. The molecule has 1 heterocycles. The first-order valence-corrected chi connectivity index (χ1v) is 5.36. The fourth-order valence-corrected chi connectivity index (χ4v) is 1.66. The van der Waals surface area contributed by atoms with Crippen molar-refractivity contribution in [2.45, 2.75) is 0 Å². The van der Waals surface area contributed by atoms with Crippen molar-refractivity contribution in [3.05, 3.63) is 40.8 Å². The molecule has 0 aliphatic heterocycles. The molecule has 0 spiro atoms. The summed E-state index contributed by atoms with van der Waals surface area (Å²) in [4.78, 5) is 11.6. The van der Waals surface area contributed by atoms with E-state index in [0.717, 1.165) is 17.6 Å². The molecule has 2 aromatic rings. The summed E-state index contributed by atoms with van der Waals surface area (Å²) in [5, 5.41) is 6.75. The van der Waals surface area contributed by atoms with Crippen molar-refractivity contribution in [1.29, 1.82) is 0 Å². The van der Waals surface area contributed by atoms with E-state index in [9.17, 15) is 9.18 Å². The lowest BCUT2D eigenvalue weighted by Gasteiger charge is -2.03. The maximum Gasteiger partial charge on any atom is 0.259 e. The van der Waals surface area contributed by atoms with E-state index in [-0.39, 0.29) is 5.56 Å². The van der Waals surface area contributed by atoms with E-state index >= 15 is 0 Å². The Balaban J connectivity index is 2.24. The van der Waals surface area contributed by atoms with E-state index in [1.165, 1.54) is 18.3 Å². The van der Waals surface area contributed by atoms with E-state index in [4.69, 9.17) is 11.6 Å². The van der Waals surface area contributed by atoms with Crippen LogP contribution in [0.3, 0.4) is 0 Å². The van der Waals surface area contributed by atoms with Gasteiger partial charge in [0.1, 0.15) is 10.8 Å². The topological polar surface area (TPSA) is 54.9 Å². The Bertz CT molecular complexity index is 517. The summed E-state index contributed by atoms with van der Waals surface area (Å²) >= 11 is 6.68. The van der Waals surface area contributed by atoms with Crippen molar-refractivity contribution in [1.82, 2.24) is 9.59 Å².